The number of nitro benzene ring substituents is 1. The van der Waals surface area contributed by atoms with E-state index in [2.05, 4.69) is 0 Å². The lowest BCUT2D eigenvalue weighted by Gasteiger charge is -2.14. The molecule has 4 rings (SSSR count). The Labute approximate surface area is 188 Å². The number of hydrogen-bond donors (Lipinski definition) is 0. The first-order valence-corrected chi connectivity index (χ1v) is 9.82. The van der Waals surface area contributed by atoms with E-state index >= 15 is 0 Å². The summed E-state index contributed by atoms with van der Waals surface area (Å²) in [5.41, 5.74) is -1.41. The van der Waals surface area contributed by atoms with Crippen LogP contribution in [0.15, 0.2) is 75.9 Å². The number of benzene rings is 3. The van der Waals surface area contributed by atoms with Crippen LogP contribution in [-0.4, -0.2) is 4.92 Å². The second-order valence-corrected chi connectivity index (χ2v) is 7.39. The van der Waals surface area contributed by atoms with Gasteiger partial charge in [0.2, 0.25) is 11.2 Å². The summed E-state index contributed by atoms with van der Waals surface area (Å²) in [7, 11) is 0. The molecule has 0 amide bonds. The molecule has 0 saturated heterocycles. The zero-order valence-corrected chi connectivity index (χ0v) is 17.3. The first kappa shape index (κ1) is 22.3. The van der Waals surface area contributed by atoms with E-state index in [1.165, 1.54) is 66.7 Å². The van der Waals surface area contributed by atoms with Gasteiger partial charge in [-0.2, -0.15) is 13.2 Å². The van der Waals surface area contributed by atoms with Crippen LogP contribution in [0.25, 0.3) is 22.1 Å². The van der Waals surface area contributed by atoms with Crippen molar-refractivity contribution in [3.05, 3.63) is 103 Å². The van der Waals surface area contributed by atoms with E-state index in [0.29, 0.717) is 5.56 Å². The molecule has 6 nitrogen and oxygen atoms in total. The second kappa shape index (κ2) is 8.59. The maximum absolute atomic E-state index is 13.8. The minimum atomic E-state index is -4.95. The molecular weight excluding hydrogens is 463 g/mol. The molecule has 0 N–H and O–H groups in total. The van der Waals surface area contributed by atoms with Gasteiger partial charge in [-0.15, -0.1) is 0 Å². The van der Waals surface area contributed by atoms with Gasteiger partial charge >= 0.3 is 6.18 Å². The van der Waals surface area contributed by atoms with Crippen molar-refractivity contribution in [3.8, 4) is 16.9 Å². The van der Waals surface area contributed by atoms with Crippen LogP contribution in [-0.2, 0) is 12.8 Å². The largest absolute Gasteiger partial charge is 0.489 e. The van der Waals surface area contributed by atoms with Crippen molar-refractivity contribution in [1.82, 2.24) is 0 Å². The number of nitro groups is 1. The van der Waals surface area contributed by atoms with Crippen molar-refractivity contribution in [3.63, 3.8) is 0 Å². The van der Waals surface area contributed by atoms with Crippen LogP contribution in [0.3, 0.4) is 0 Å². The van der Waals surface area contributed by atoms with E-state index in [0.717, 1.165) is 0 Å². The molecule has 0 unspecified atom stereocenters. The van der Waals surface area contributed by atoms with Crippen LogP contribution in [0, 0.1) is 10.1 Å². The van der Waals surface area contributed by atoms with Gasteiger partial charge in [-0.25, -0.2) is 0 Å². The molecule has 0 aliphatic rings. The number of ether oxygens (including phenoxy) is 1. The maximum atomic E-state index is 13.8. The van der Waals surface area contributed by atoms with Crippen LogP contribution in [0.4, 0.5) is 18.9 Å². The lowest BCUT2D eigenvalue weighted by atomic mass is 10.0. The normalized spacial score (nSPS) is 11.5. The van der Waals surface area contributed by atoms with Gasteiger partial charge in [0.1, 0.15) is 17.9 Å². The minimum Gasteiger partial charge on any atom is -0.489 e. The number of non-ortho nitro benzene ring substituents is 1. The molecule has 0 spiro atoms. The van der Waals surface area contributed by atoms with Gasteiger partial charge in [0, 0.05) is 28.8 Å². The highest BCUT2D eigenvalue weighted by molar-refractivity contribution is 6.33. The standard InChI is InChI=1S/C23H13ClF3NO5/c24-18-4-2-1-3-16(18)20-21(29)17-10-9-15(11-19(17)33-22(20)23(25,26)27)32-12-13-5-7-14(8-6-13)28(30)31/h1-11H,12H2. The van der Waals surface area contributed by atoms with Gasteiger partial charge in [0.15, 0.2) is 0 Å². The summed E-state index contributed by atoms with van der Waals surface area (Å²) >= 11 is 6.05. The number of hydrogen-bond acceptors (Lipinski definition) is 5. The fourth-order valence-corrected chi connectivity index (χ4v) is 3.48. The third-order valence-corrected chi connectivity index (χ3v) is 5.15. The summed E-state index contributed by atoms with van der Waals surface area (Å²) in [5, 5.41) is 10.6. The summed E-state index contributed by atoms with van der Waals surface area (Å²) in [5.74, 6) is -1.30. The summed E-state index contributed by atoms with van der Waals surface area (Å²) in [6.45, 7) is -0.00241. The predicted molar refractivity (Wildman–Crippen MR) is 115 cm³/mol. The Balaban J connectivity index is 1.74. The molecule has 10 heteroatoms. The maximum Gasteiger partial charge on any atom is 0.450 e. The Hall–Kier alpha value is -3.85. The monoisotopic (exact) mass is 475 g/mol. The number of rotatable bonds is 5. The Morgan fingerprint density at radius 3 is 2.36 bits per heavy atom. The van der Waals surface area contributed by atoms with Gasteiger partial charge in [0.25, 0.3) is 5.69 Å². The SMILES string of the molecule is O=c1c(-c2ccccc2Cl)c(C(F)(F)F)oc2cc(OCc3ccc([N+](=O)[O-])cc3)ccc12. The molecule has 33 heavy (non-hydrogen) atoms. The van der Waals surface area contributed by atoms with Crippen LogP contribution in [0.2, 0.25) is 5.02 Å². The molecule has 1 heterocycles. The summed E-state index contributed by atoms with van der Waals surface area (Å²) in [6.07, 6.45) is -4.95. The van der Waals surface area contributed by atoms with E-state index in [9.17, 15) is 28.1 Å². The smallest absolute Gasteiger partial charge is 0.450 e. The molecule has 3 aromatic carbocycles. The summed E-state index contributed by atoms with van der Waals surface area (Å²) < 4.78 is 52.0. The first-order chi connectivity index (χ1) is 15.6. The van der Waals surface area contributed by atoms with Gasteiger partial charge in [-0.1, -0.05) is 29.8 Å². The second-order valence-electron chi connectivity index (χ2n) is 6.98. The van der Waals surface area contributed by atoms with E-state index in [1.54, 1.807) is 0 Å². The predicted octanol–water partition coefficient (Wildman–Crippen LogP) is 6.62. The number of halogens is 4. The van der Waals surface area contributed by atoms with E-state index in [-0.39, 0.29) is 39.6 Å². The zero-order valence-electron chi connectivity index (χ0n) is 16.6. The molecule has 0 bridgehead atoms. The molecule has 168 valence electrons. The fourth-order valence-electron chi connectivity index (χ4n) is 3.25. The van der Waals surface area contributed by atoms with Crippen molar-refractivity contribution in [2.24, 2.45) is 0 Å². The molecule has 0 aliphatic carbocycles. The van der Waals surface area contributed by atoms with Crippen molar-refractivity contribution >= 4 is 28.3 Å². The average Bonchev–Trinajstić information content (AvgIpc) is 2.78. The Kier molecular flexibility index (Phi) is 5.82. The topological polar surface area (TPSA) is 82.6 Å². The van der Waals surface area contributed by atoms with Crippen LogP contribution in [0.5, 0.6) is 5.75 Å². The molecule has 1 aromatic heterocycles. The Morgan fingerprint density at radius 2 is 1.73 bits per heavy atom. The highest BCUT2D eigenvalue weighted by Gasteiger charge is 2.39. The van der Waals surface area contributed by atoms with Gasteiger partial charge in [-0.3, -0.25) is 14.9 Å². The minimum absolute atomic E-state index is 0.00241. The van der Waals surface area contributed by atoms with Gasteiger partial charge in [0.05, 0.1) is 15.9 Å². The van der Waals surface area contributed by atoms with Crippen molar-refractivity contribution in [2.45, 2.75) is 12.8 Å². The molecule has 0 fully saturated rings. The summed E-state index contributed by atoms with van der Waals surface area (Å²) in [4.78, 5) is 23.2. The highest BCUT2D eigenvalue weighted by Crippen LogP contribution is 2.39. The molecule has 0 radical (unpaired) electrons. The van der Waals surface area contributed by atoms with Gasteiger partial charge < -0.3 is 9.15 Å². The summed E-state index contributed by atoms with van der Waals surface area (Å²) in [6, 6.07) is 15.3. The Morgan fingerprint density at radius 1 is 1.03 bits per heavy atom. The third-order valence-electron chi connectivity index (χ3n) is 4.82. The highest BCUT2D eigenvalue weighted by atomic mass is 35.5. The van der Waals surface area contributed by atoms with Crippen molar-refractivity contribution in [1.29, 1.82) is 0 Å². The lowest BCUT2D eigenvalue weighted by molar-refractivity contribution is -0.384. The molecule has 0 atom stereocenters. The molecule has 4 aromatic rings. The molecule has 0 saturated carbocycles. The lowest BCUT2D eigenvalue weighted by Crippen LogP contribution is -2.16. The number of fused-ring (bicyclic) bond motifs is 1. The van der Waals surface area contributed by atoms with E-state index in [1.807, 2.05) is 0 Å². The zero-order chi connectivity index (χ0) is 23.8. The van der Waals surface area contributed by atoms with E-state index in [4.69, 9.17) is 20.8 Å². The van der Waals surface area contributed by atoms with Crippen LogP contribution in [0.1, 0.15) is 11.3 Å². The van der Waals surface area contributed by atoms with Gasteiger partial charge in [-0.05, 0) is 35.9 Å². The molecule has 0 aliphatic heterocycles. The fraction of sp³-hybridized carbons (Fsp3) is 0.0870. The number of nitrogens with zero attached hydrogens (tertiary/aromatic N) is 1. The number of alkyl halides is 3. The Bertz CT molecular complexity index is 1410. The first-order valence-electron chi connectivity index (χ1n) is 9.44. The third kappa shape index (κ3) is 4.54. The van der Waals surface area contributed by atoms with Crippen molar-refractivity contribution in [2.75, 3.05) is 0 Å². The van der Waals surface area contributed by atoms with Crippen molar-refractivity contribution < 1.29 is 27.2 Å². The molecular formula is C23H13ClF3NO5. The average molecular weight is 476 g/mol. The van der Waals surface area contributed by atoms with Crippen LogP contribution >= 0.6 is 11.6 Å². The van der Waals surface area contributed by atoms with Crippen LogP contribution < -0.4 is 10.2 Å². The quantitative estimate of drug-likeness (QED) is 0.239. The van der Waals surface area contributed by atoms with E-state index < -0.39 is 27.9 Å².